The van der Waals surface area contributed by atoms with Gasteiger partial charge in [0, 0.05) is 63.9 Å². The fourth-order valence-electron chi connectivity index (χ4n) is 10.5. The molecule has 11 nitrogen and oxygen atoms in total. The normalized spacial score (nSPS) is 37.6. The van der Waals surface area contributed by atoms with Crippen LogP contribution in [0.25, 0.3) is 6.08 Å². The standard InChI is InChI=1S/C37H44O11/c1-19-27(42)17-26-31(45-22(4)39)37-20(2)28(48-30(43)16-15-25-13-11-10-12-14-25)18-29(44-21(3)38)35(37,9)32(46-23(5)40)33(47-24(6)41)36(19,37)34(26,7)8/h10-16,19,26,28-29,31-33H,2,17-18H2,1,3-9H3/b16-15+/t19-,26+,28+,29+,31-,32+,33+,35+,36?,37-/m1/s1. The van der Waals surface area contributed by atoms with E-state index in [0.717, 1.165) is 5.56 Å². The van der Waals surface area contributed by atoms with Gasteiger partial charge in [0.05, 0.1) is 10.8 Å². The van der Waals surface area contributed by atoms with Crippen LogP contribution in [0.4, 0.5) is 0 Å². The van der Waals surface area contributed by atoms with Crippen LogP contribution in [-0.2, 0) is 52.5 Å². The number of ketones is 1. The van der Waals surface area contributed by atoms with Crippen molar-refractivity contribution in [2.75, 3.05) is 0 Å². The number of fused-ring (bicyclic) bond motifs is 1. The van der Waals surface area contributed by atoms with E-state index in [1.807, 2.05) is 44.2 Å². The molecule has 1 unspecified atom stereocenters. The number of ether oxygens (including phenoxy) is 5. The van der Waals surface area contributed by atoms with Gasteiger partial charge in [0.2, 0.25) is 0 Å². The van der Waals surface area contributed by atoms with Crippen molar-refractivity contribution >= 4 is 41.7 Å². The first-order valence-electron chi connectivity index (χ1n) is 16.2. The fourth-order valence-corrected chi connectivity index (χ4v) is 10.5. The minimum Gasteiger partial charge on any atom is -0.462 e. The van der Waals surface area contributed by atoms with E-state index in [4.69, 9.17) is 23.7 Å². The summed E-state index contributed by atoms with van der Waals surface area (Å²) in [7, 11) is 0. The van der Waals surface area contributed by atoms with Crippen molar-refractivity contribution < 1.29 is 52.5 Å². The van der Waals surface area contributed by atoms with Gasteiger partial charge in [-0.3, -0.25) is 24.0 Å². The van der Waals surface area contributed by atoms with Gasteiger partial charge in [-0.2, -0.15) is 0 Å². The molecule has 2 spiro atoms. The van der Waals surface area contributed by atoms with Crippen molar-refractivity contribution in [3.8, 4) is 0 Å². The second kappa shape index (κ2) is 12.0. The van der Waals surface area contributed by atoms with Gasteiger partial charge < -0.3 is 23.7 Å². The predicted molar refractivity (Wildman–Crippen MR) is 170 cm³/mol. The highest BCUT2D eigenvalue weighted by Crippen LogP contribution is 2.87. The zero-order chi connectivity index (χ0) is 35.6. The van der Waals surface area contributed by atoms with Crippen LogP contribution in [0.3, 0.4) is 0 Å². The number of esters is 5. The summed E-state index contributed by atoms with van der Waals surface area (Å²) in [4.78, 5) is 79.2. The van der Waals surface area contributed by atoms with Crippen molar-refractivity contribution in [3.05, 3.63) is 54.1 Å². The molecule has 0 radical (unpaired) electrons. The highest BCUT2D eigenvalue weighted by atomic mass is 16.6. The van der Waals surface area contributed by atoms with Gasteiger partial charge in [-0.15, -0.1) is 0 Å². The molecule has 1 aromatic carbocycles. The Hall–Kier alpha value is -4.28. The molecule has 0 N–H and O–H groups in total. The molecule has 0 heterocycles. The Bertz CT molecular complexity index is 1590. The molecule has 5 rings (SSSR count). The van der Waals surface area contributed by atoms with E-state index in [1.165, 1.54) is 33.8 Å². The molecule has 4 aliphatic carbocycles. The maximum absolute atomic E-state index is 14.1. The SMILES string of the molecule is C=C1[C@@H](OC(=O)/C=C/c2ccccc2)C[C@H](OC(C)=O)[C@@]2(C)[C@@H](OC(C)=O)[C@H](OC(C)=O)C34[C@H](C)C(=O)C[C@@H]([C@@H](OC(C)=O)[C@@]132)C4(C)C. The maximum Gasteiger partial charge on any atom is 0.331 e. The zero-order valence-electron chi connectivity index (χ0n) is 28.7. The minimum atomic E-state index is -1.59. The van der Waals surface area contributed by atoms with Crippen LogP contribution in [-0.4, -0.2) is 66.1 Å². The first kappa shape index (κ1) is 35.0. The molecule has 0 aliphatic heterocycles. The Morgan fingerprint density at radius 3 is 1.90 bits per heavy atom. The summed E-state index contributed by atoms with van der Waals surface area (Å²) >= 11 is 0. The van der Waals surface area contributed by atoms with E-state index in [1.54, 1.807) is 19.9 Å². The van der Waals surface area contributed by atoms with E-state index in [0.29, 0.717) is 5.57 Å². The lowest BCUT2D eigenvalue weighted by molar-refractivity contribution is -0.216. The van der Waals surface area contributed by atoms with Crippen LogP contribution in [0.5, 0.6) is 0 Å². The molecule has 0 amide bonds. The number of hydrogen-bond acceptors (Lipinski definition) is 11. The van der Waals surface area contributed by atoms with Gasteiger partial charge in [0.25, 0.3) is 0 Å². The van der Waals surface area contributed by atoms with E-state index in [-0.39, 0.29) is 18.6 Å². The number of Topliss-reactive ketones (excluding diaryl/α,β-unsaturated/α-hetero) is 1. The largest absolute Gasteiger partial charge is 0.462 e. The van der Waals surface area contributed by atoms with Crippen molar-refractivity contribution in [1.82, 2.24) is 0 Å². The second-order valence-corrected chi connectivity index (χ2v) is 14.3. The summed E-state index contributed by atoms with van der Waals surface area (Å²) in [6.45, 7) is 16.8. The molecule has 4 aliphatic rings. The van der Waals surface area contributed by atoms with Crippen LogP contribution in [0.15, 0.2) is 48.6 Å². The molecular formula is C37H44O11. The van der Waals surface area contributed by atoms with Crippen LogP contribution in [0.1, 0.15) is 73.8 Å². The van der Waals surface area contributed by atoms with Gasteiger partial charge in [-0.25, -0.2) is 4.79 Å². The van der Waals surface area contributed by atoms with E-state index in [9.17, 15) is 28.8 Å². The Morgan fingerprint density at radius 1 is 0.792 bits per heavy atom. The topological polar surface area (TPSA) is 149 Å². The van der Waals surface area contributed by atoms with Crippen LogP contribution < -0.4 is 0 Å². The summed E-state index contributed by atoms with van der Waals surface area (Å²) in [5.41, 5.74) is -4.42. The van der Waals surface area contributed by atoms with Crippen molar-refractivity contribution in [2.45, 2.75) is 98.8 Å². The van der Waals surface area contributed by atoms with Crippen LogP contribution >= 0.6 is 0 Å². The molecule has 4 saturated carbocycles. The van der Waals surface area contributed by atoms with Crippen LogP contribution in [0.2, 0.25) is 0 Å². The number of benzene rings is 1. The number of hydrogen-bond donors (Lipinski definition) is 0. The van der Waals surface area contributed by atoms with Gasteiger partial charge in [0.15, 0.2) is 0 Å². The second-order valence-electron chi connectivity index (χ2n) is 14.3. The van der Waals surface area contributed by atoms with Crippen molar-refractivity contribution in [3.63, 3.8) is 0 Å². The monoisotopic (exact) mass is 664 g/mol. The van der Waals surface area contributed by atoms with E-state index in [2.05, 4.69) is 6.58 Å². The lowest BCUT2D eigenvalue weighted by Gasteiger charge is -2.61. The number of carbonyl (C=O) groups excluding carboxylic acids is 6. The molecular weight excluding hydrogens is 620 g/mol. The Morgan fingerprint density at radius 2 is 1.33 bits per heavy atom. The highest BCUT2D eigenvalue weighted by molar-refractivity contribution is 5.88. The quantitative estimate of drug-likeness (QED) is 0.175. The third-order valence-electron chi connectivity index (χ3n) is 11.8. The minimum absolute atomic E-state index is 0.0342. The number of carbonyl (C=O) groups is 6. The van der Waals surface area contributed by atoms with Crippen molar-refractivity contribution in [1.29, 1.82) is 0 Å². The zero-order valence-corrected chi connectivity index (χ0v) is 28.7. The molecule has 11 heteroatoms. The number of rotatable bonds is 7. The third kappa shape index (κ3) is 4.67. The van der Waals surface area contributed by atoms with Gasteiger partial charge in [-0.05, 0) is 22.6 Å². The Labute approximate surface area is 280 Å². The predicted octanol–water partition coefficient (Wildman–Crippen LogP) is 4.56. The lowest BCUT2D eigenvalue weighted by atomic mass is 9.42. The first-order valence-corrected chi connectivity index (χ1v) is 16.2. The molecule has 48 heavy (non-hydrogen) atoms. The molecule has 4 fully saturated rings. The average Bonchev–Trinajstić information content (AvgIpc) is 3.23. The van der Waals surface area contributed by atoms with E-state index < -0.39 is 93.9 Å². The van der Waals surface area contributed by atoms with Crippen molar-refractivity contribution in [2.24, 2.45) is 33.5 Å². The Kier molecular flexibility index (Phi) is 8.76. The summed E-state index contributed by atoms with van der Waals surface area (Å²) in [6.07, 6.45) is -3.12. The molecule has 0 aromatic heterocycles. The molecule has 2 bridgehead atoms. The summed E-state index contributed by atoms with van der Waals surface area (Å²) in [6, 6.07) is 9.14. The molecule has 1 aromatic rings. The summed E-state index contributed by atoms with van der Waals surface area (Å²) in [5, 5.41) is 0. The molecule has 258 valence electrons. The Balaban J connectivity index is 1.83. The van der Waals surface area contributed by atoms with Crippen LogP contribution in [0, 0.1) is 33.5 Å². The van der Waals surface area contributed by atoms with Gasteiger partial charge in [-0.1, -0.05) is 64.6 Å². The van der Waals surface area contributed by atoms with E-state index >= 15 is 0 Å². The smallest absolute Gasteiger partial charge is 0.331 e. The average molecular weight is 665 g/mol. The lowest BCUT2D eigenvalue weighted by Crippen LogP contribution is -2.67. The highest BCUT2D eigenvalue weighted by Gasteiger charge is 2.94. The van der Waals surface area contributed by atoms with Gasteiger partial charge >= 0.3 is 29.8 Å². The molecule has 10 atom stereocenters. The molecule has 0 saturated heterocycles. The van der Waals surface area contributed by atoms with Gasteiger partial charge in [0.1, 0.15) is 36.3 Å². The summed E-state index contributed by atoms with van der Waals surface area (Å²) < 4.78 is 30.7. The fraction of sp³-hybridized carbons (Fsp3) is 0.568. The third-order valence-corrected chi connectivity index (χ3v) is 11.8. The first-order chi connectivity index (χ1) is 22.4. The summed E-state index contributed by atoms with van der Waals surface area (Å²) in [5.74, 6) is -5.07. The maximum atomic E-state index is 14.1.